The molecule has 3 aromatic rings. The Morgan fingerprint density at radius 3 is 2.19 bits per heavy atom. The summed E-state index contributed by atoms with van der Waals surface area (Å²) in [6.07, 6.45) is -0.923. The van der Waals surface area contributed by atoms with Gasteiger partial charge in [0.15, 0.2) is 6.10 Å². The van der Waals surface area contributed by atoms with Crippen LogP contribution in [0, 0.1) is 12.8 Å². The van der Waals surface area contributed by atoms with Crippen molar-refractivity contribution in [2.75, 3.05) is 9.96 Å². The Morgan fingerprint density at radius 2 is 1.52 bits per heavy atom. The van der Waals surface area contributed by atoms with Crippen LogP contribution in [0.25, 0.3) is 0 Å². The van der Waals surface area contributed by atoms with E-state index in [1.54, 1.807) is 17.2 Å². The van der Waals surface area contributed by atoms with Crippen molar-refractivity contribution in [2.45, 2.75) is 19.1 Å². The van der Waals surface area contributed by atoms with Crippen LogP contribution in [0.4, 0.5) is 11.4 Å². The fourth-order valence-electron chi connectivity index (χ4n) is 4.19. The Labute approximate surface area is 189 Å². The zero-order chi connectivity index (χ0) is 21.7. The molecule has 2 heterocycles. The molecule has 2 aliphatic rings. The number of anilines is 2. The lowest BCUT2D eigenvalue weighted by Gasteiger charge is -2.28. The van der Waals surface area contributed by atoms with Crippen LogP contribution in [0.1, 0.15) is 17.2 Å². The molecule has 0 radical (unpaired) electrons. The van der Waals surface area contributed by atoms with Crippen LogP contribution < -0.4 is 9.96 Å². The van der Waals surface area contributed by atoms with Gasteiger partial charge in [0.25, 0.3) is 5.91 Å². The predicted molar refractivity (Wildman–Crippen MR) is 120 cm³/mol. The molecule has 3 atom stereocenters. The molecule has 0 N–H and O–H groups in total. The van der Waals surface area contributed by atoms with E-state index < -0.39 is 24.0 Å². The van der Waals surface area contributed by atoms with E-state index in [0.717, 1.165) is 21.7 Å². The van der Waals surface area contributed by atoms with Gasteiger partial charge in [0.05, 0.1) is 27.5 Å². The molecule has 0 aliphatic carbocycles. The van der Waals surface area contributed by atoms with E-state index in [4.69, 9.17) is 28.0 Å². The summed E-state index contributed by atoms with van der Waals surface area (Å²) < 4.78 is 0. The lowest BCUT2D eigenvalue weighted by atomic mass is 9.90. The van der Waals surface area contributed by atoms with Gasteiger partial charge in [-0.2, -0.15) is 0 Å². The first kappa shape index (κ1) is 20.1. The molecule has 5 nitrogen and oxygen atoms in total. The molecule has 5 rings (SSSR count). The topological polar surface area (TPSA) is 49.9 Å². The van der Waals surface area contributed by atoms with Gasteiger partial charge in [0, 0.05) is 0 Å². The number of benzene rings is 3. The first-order valence-corrected chi connectivity index (χ1v) is 10.6. The number of carbonyl (C=O) groups is 2. The largest absolute Gasteiger partial charge is 0.273 e. The highest BCUT2D eigenvalue weighted by molar-refractivity contribution is 6.42. The third-order valence-electron chi connectivity index (χ3n) is 5.71. The van der Waals surface area contributed by atoms with Gasteiger partial charge in [0.1, 0.15) is 5.92 Å². The van der Waals surface area contributed by atoms with Crippen LogP contribution in [-0.2, 0) is 14.4 Å². The van der Waals surface area contributed by atoms with Crippen LogP contribution in [0.5, 0.6) is 0 Å². The number of amides is 2. The molecule has 0 unspecified atom stereocenters. The summed E-state index contributed by atoms with van der Waals surface area (Å²) in [7, 11) is 0. The lowest BCUT2D eigenvalue weighted by Crippen LogP contribution is -2.37. The Kier molecular flexibility index (Phi) is 4.97. The maximum Gasteiger partial charge on any atom is 0.266 e. The Bertz CT molecular complexity index is 1170. The lowest BCUT2D eigenvalue weighted by molar-refractivity contribution is -0.126. The van der Waals surface area contributed by atoms with Crippen LogP contribution >= 0.6 is 23.2 Å². The van der Waals surface area contributed by atoms with Gasteiger partial charge in [0.2, 0.25) is 5.91 Å². The number of nitrogens with zero attached hydrogens (tertiary/aromatic N) is 2. The third-order valence-corrected chi connectivity index (χ3v) is 6.45. The van der Waals surface area contributed by atoms with Crippen molar-refractivity contribution in [3.05, 3.63) is 94.0 Å². The predicted octanol–water partition coefficient (Wildman–Crippen LogP) is 5.35. The van der Waals surface area contributed by atoms with Crippen molar-refractivity contribution in [3.63, 3.8) is 0 Å². The normalized spacial score (nSPS) is 22.9. The van der Waals surface area contributed by atoms with Crippen molar-refractivity contribution in [1.82, 2.24) is 0 Å². The van der Waals surface area contributed by atoms with E-state index in [1.807, 2.05) is 61.5 Å². The summed E-state index contributed by atoms with van der Waals surface area (Å²) in [6, 6.07) is 21.7. The number of carbonyl (C=O) groups excluding carboxylic acids is 2. The summed E-state index contributed by atoms with van der Waals surface area (Å²) >= 11 is 12.1. The highest BCUT2D eigenvalue weighted by atomic mass is 35.5. The summed E-state index contributed by atoms with van der Waals surface area (Å²) in [5.41, 5.74) is 3.18. The van der Waals surface area contributed by atoms with E-state index in [9.17, 15) is 9.59 Å². The quantitative estimate of drug-likeness (QED) is 0.502. The number of fused-ring (bicyclic) bond motifs is 1. The van der Waals surface area contributed by atoms with E-state index in [0.29, 0.717) is 10.7 Å². The van der Waals surface area contributed by atoms with Crippen molar-refractivity contribution in [2.24, 2.45) is 5.92 Å². The molecule has 0 aromatic heterocycles. The van der Waals surface area contributed by atoms with E-state index in [-0.39, 0.29) is 10.9 Å². The minimum atomic E-state index is -0.923. The Hall–Kier alpha value is -2.86. The van der Waals surface area contributed by atoms with E-state index in [2.05, 4.69) is 0 Å². The van der Waals surface area contributed by atoms with Gasteiger partial charge < -0.3 is 0 Å². The monoisotopic (exact) mass is 452 g/mol. The number of aryl methyl sites for hydroxylation is 1. The van der Waals surface area contributed by atoms with Crippen LogP contribution in [0.3, 0.4) is 0 Å². The smallest absolute Gasteiger partial charge is 0.266 e. The highest BCUT2D eigenvalue weighted by Crippen LogP contribution is 2.47. The van der Waals surface area contributed by atoms with Crippen molar-refractivity contribution < 1.29 is 14.4 Å². The minimum Gasteiger partial charge on any atom is -0.273 e. The molecular formula is C24H18Cl2N2O3. The zero-order valence-corrected chi connectivity index (χ0v) is 18.0. The van der Waals surface area contributed by atoms with Crippen molar-refractivity contribution in [1.29, 1.82) is 0 Å². The van der Waals surface area contributed by atoms with Crippen LogP contribution in [0.15, 0.2) is 72.8 Å². The van der Waals surface area contributed by atoms with Gasteiger partial charge >= 0.3 is 0 Å². The number of rotatable bonds is 3. The molecule has 156 valence electrons. The van der Waals surface area contributed by atoms with Crippen molar-refractivity contribution in [3.8, 4) is 0 Å². The Morgan fingerprint density at radius 1 is 0.806 bits per heavy atom. The standard InChI is InChI=1S/C24H18Cl2N2O3/c1-14-7-9-15(10-8-14)21-20-22(31-28(21)16-5-3-2-4-6-16)24(30)27(23(20)29)17-11-12-18(25)19(26)13-17/h2-13,20-22H,1H3/t20-,21-,22+/m1/s1. The van der Waals surface area contributed by atoms with E-state index >= 15 is 0 Å². The second-order valence-electron chi connectivity index (χ2n) is 7.68. The van der Waals surface area contributed by atoms with E-state index in [1.165, 1.54) is 6.07 Å². The molecule has 0 bridgehead atoms. The number of imide groups is 1. The maximum absolute atomic E-state index is 13.5. The van der Waals surface area contributed by atoms with Gasteiger partial charge in [-0.1, -0.05) is 71.2 Å². The van der Waals surface area contributed by atoms with Gasteiger partial charge in [-0.15, -0.1) is 0 Å². The fourth-order valence-corrected chi connectivity index (χ4v) is 4.49. The molecule has 2 aliphatic heterocycles. The molecule has 0 saturated carbocycles. The highest BCUT2D eigenvalue weighted by Gasteiger charge is 2.60. The molecule has 2 fully saturated rings. The SMILES string of the molecule is Cc1ccc([C@@H]2[C@H]3C(=O)N(c4ccc(Cl)c(Cl)c4)C(=O)[C@H]3ON2c2ccccc2)cc1. The first-order valence-electron chi connectivity index (χ1n) is 9.86. The zero-order valence-electron chi connectivity index (χ0n) is 16.5. The summed E-state index contributed by atoms with van der Waals surface area (Å²) in [5, 5.41) is 2.31. The summed E-state index contributed by atoms with van der Waals surface area (Å²) in [4.78, 5) is 34.1. The van der Waals surface area contributed by atoms with Gasteiger partial charge in [-0.25, -0.2) is 9.96 Å². The Balaban J connectivity index is 1.58. The molecule has 7 heteroatoms. The molecule has 3 aromatic carbocycles. The summed E-state index contributed by atoms with van der Waals surface area (Å²) in [6.45, 7) is 2.00. The molecule has 31 heavy (non-hydrogen) atoms. The second-order valence-corrected chi connectivity index (χ2v) is 8.49. The van der Waals surface area contributed by atoms with Crippen molar-refractivity contribution >= 4 is 46.4 Å². The number of hydrogen-bond donors (Lipinski definition) is 0. The molecule has 2 saturated heterocycles. The summed E-state index contributed by atoms with van der Waals surface area (Å²) in [5.74, 6) is -1.42. The fraction of sp³-hybridized carbons (Fsp3) is 0.167. The first-order chi connectivity index (χ1) is 15.0. The van der Waals surface area contributed by atoms with Gasteiger partial charge in [-0.3, -0.25) is 14.4 Å². The molecule has 0 spiro atoms. The average Bonchev–Trinajstić information content (AvgIpc) is 3.28. The van der Waals surface area contributed by atoms with Gasteiger partial charge in [-0.05, 0) is 42.8 Å². The average molecular weight is 453 g/mol. The third kappa shape index (κ3) is 3.30. The number of halogens is 2. The molecular weight excluding hydrogens is 435 g/mol. The number of hydrogen-bond acceptors (Lipinski definition) is 4. The molecule has 2 amide bonds. The number of hydroxylamine groups is 1. The van der Waals surface area contributed by atoms with Crippen LogP contribution in [0.2, 0.25) is 10.0 Å². The second kappa shape index (κ2) is 7.68. The van der Waals surface area contributed by atoms with Crippen LogP contribution in [-0.4, -0.2) is 17.9 Å². The number of para-hydroxylation sites is 1. The minimum absolute atomic E-state index is 0.277. The maximum atomic E-state index is 13.5.